The van der Waals surface area contributed by atoms with Crippen LogP contribution in [0.3, 0.4) is 0 Å². The van der Waals surface area contributed by atoms with E-state index < -0.39 is 0 Å². The van der Waals surface area contributed by atoms with E-state index in [-0.39, 0.29) is 11.8 Å². The second-order valence-corrected chi connectivity index (χ2v) is 9.31. The van der Waals surface area contributed by atoms with E-state index in [4.69, 9.17) is 0 Å². The normalized spacial score (nSPS) is 25.7. The van der Waals surface area contributed by atoms with E-state index in [2.05, 4.69) is 51.5 Å². The molecule has 0 unspecified atom stereocenters. The summed E-state index contributed by atoms with van der Waals surface area (Å²) in [4.78, 5) is 22.0. The van der Waals surface area contributed by atoms with Gasteiger partial charge in [-0.25, -0.2) is 4.98 Å². The molecule has 3 atom stereocenters. The highest BCUT2D eigenvalue weighted by Gasteiger charge is 2.42. The van der Waals surface area contributed by atoms with Gasteiger partial charge in [-0.1, -0.05) is 13.0 Å². The van der Waals surface area contributed by atoms with Gasteiger partial charge in [0.15, 0.2) is 5.65 Å². The van der Waals surface area contributed by atoms with Crippen molar-refractivity contribution in [2.75, 3.05) is 36.0 Å². The third kappa shape index (κ3) is 2.94. The van der Waals surface area contributed by atoms with E-state index in [1.807, 2.05) is 29.0 Å². The minimum Gasteiger partial charge on any atom is -0.366 e. The lowest BCUT2D eigenvalue weighted by Crippen LogP contribution is -2.38. The molecule has 1 N–H and O–H groups in total. The number of rotatable bonds is 2. The zero-order valence-electron chi connectivity index (χ0n) is 18.1. The second-order valence-electron chi connectivity index (χ2n) is 9.31. The number of carbonyl (C=O) groups is 1. The van der Waals surface area contributed by atoms with E-state index >= 15 is 0 Å². The fraction of sp³-hybridized carbons (Fsp3) is 0.458. The molecule has 1 amide bonds. The number of hydrogen-bond donors (Lipinski definition) is 1. The van der Waals surface area contributed by atoms with Crippen molar-refractivity contribution in [1.29, 1.82) is 0 Å². The van der Waals surface area contributed by atoms with Crippen molar-refractivity contribution in [1.82, 2.24) is 20.1 Å². The molecule has 31 heavy (non-hydrogen) atoms. The number of fused-ring (bicyclic) bond motifs is 3. The van der Waals surface area contributed by atoms with Crippen molar-refractivity contribution in [3.8, 4) is 0 Å². The first-order valence-corrected chi connectivity index (χ1v) is 11.3. The predicted molar refractivity (Wildman–Crippen MR) is 121 cm³/mol. The van der Waals surface area contributed by atoms with Gasteiger partial charge in [0, 0.05) is 45.1 Å². The van der Waals surface area contributed by atoms with Gasteiger partial charge in [-0.3, -0.25) is 9.48 Å². The molecule has 3 aliphatic rings. The maximum Gasteiger partial charge on any atom is 0.231 e. The number of amides is 1. The Balaban J connectivity index is 1.30. The fourth-order valence-corrected chi connectivity index (χ4v) is 5.72. The van der Waals surface area contributed by atoms with E-state index in [1.54, 1.807) is 0 Å². The van der Waals surface area contributed by atoms with E-state index in [9.17, 15) is 4.79 Å². The second kappa shape index (κ2) is 7.05. The highest BCUT2D eigenvalue weighted by atomic mass is 16.2. The topological polar surface area (TPSA) is 66.3 Å². The average molecular weight is 417 g/mol. The van der Waals surface area contributed by atoms with Crippen molar-refractivity contribution in [3.63, 3.8) is 0 Å². The Morgan fingerprint density at radius 2 is 2.10 bits per heavy atom. The van der Waals surface area contributed by atoms with Crippen LogP contribution < -0.4 is 15.1 Å². The zero-order chi connectivity index (χ0) is 21.1. The van der Waals surface area contributed by atoms with Crippen LogP contribution in [0.5, 0.6) is 0 Å². The number of aromatic nitrogens is 3. The van der Waals surface area contributed by atoms with Gasteiger partial charge in [0.25, 0.3) is 0 Å². The summed E-state index contributed by atoms with van der Waals surface area (Å²) in [7, 11) is 1.93. The number of pyridine rings is 1. The van der Waals surface area contributed by atoms with Gasteiger partial charge in [0.1, 0.15) is 0 Å². The summed E-state index contributed by atoms with van der Waals surface area (Å²) in [5.41, 5.74) is 5.87. The van der Waals surface area contributed by atoms with Gasteiger partial charge in [0.2, 0.25) is 5.91 Å². The maximum atomic E-state index is 13.0. The third-order valence-corrected chi connectivity index (χ3v) is 7.41. The summed E-state index contributed by atoms with van der Waals surface area (Å²) in [5.74, 6) is 1.31. The third-order valence-electron chi connectivity index (χ3n) is 7.41. The Kier molecular flexibility index (Phi) is 4.28. The van der Waals surface area contributed by atoms with Crippen LogP contribution in [0, 0.1) is 11.8 Å². The van der Waals surface area contributed by atoms with Gasteiger partial charge in [-0.15, -0.1) is 0 Å². The van der Waals surface area contributed by atoms with E-state index in [0.717, 1.165) is 55.9 Å². The van der Waals surface area contributed by atoms with Crippen LogP contribution in [0.15, 0.2) is 36.7 Å². The summed E-state index contributed by atoms with van der Waals surface area (Å²) < 4.78 is 1.83. The van der Waals surface area contributed by atoms with Crippen molar-refractivity contribution in [2.45, 2.75) is 25.8 Å². The highest BCUT2D eigenvalue weighted by molar-refractivity contribution is 5.98. The van der Waals surface area contributed by atoms with Crippen molar-refractivity contribution in [2.24, 2.45) is 18.9 Å². The van der Waals surface area contributed by atoms with Crippen LogP contribution in [0.1, 0.15) is 30.4 Å². The minimum absolute atomic E-state index is 0.145. The number of benzene rings is 1. The summed E-state index contributed by atoms with van der Waals surface area (Å²) >= 11 is 0. The molecule has 0 saturated carbocycles. The van der Waals surface area contributed by atoms with Gasteiger partial charge in [0.05, 0.1) is 23.2 Å². The molecule has 3 aromatic rings. The molecule has 160 valence electrons. The summed E-state index contributed by atoms with van der Waals surface area (Å²) in [6, 6.07) is 8.73. The Morgan fingerprint density at radius 1 is 1.19 bits per heavy atom. The zero-order valence-corrected chi connectivity index (χ0v) is 18.1. The number of anilines is 2. The van der Waals surface area contributed by atoms with Crippen LogP contribution in [0.25, 0.3) is 11.0 Å². The van der Waals surface area contributed by atoms with E-state index in [1.165, 1.54) is 16.8 Å². The highest BCUT2D eigenvalue weighted by Crippen LogP contribution is 2.38. The molecule has 6 rings (SSSR count). The molecule has 0 spiro atoms. The van der Waals surface area contributed by atoms with E-state index in [0.29, 0.717) is 11.8 Å². The average Bonchev–Trinajstić information content (AvgIpc) is 3.34. The first kappa shape index (κ1) is 18.8. The van der Waals surface area contributed by atoms with Gasteiger partial charge >= 0.3 is 0 Å². The van der Waals surface area contributed by atoms with Crippen molar-refractivity contribution < 1.29 is 4.79 Å². The van der Waals surface area contributed by atoms with Crippen LogP contribution in [-0.2, 0) is 18.4 Å². The fourth-order valence-electron chi connectivity index (χ4n) is 5.72. The number of aryl methyl sites for hydroxylation is 1. The molecule has 2 saturated heterocycles. The molecular formula is C24H28N6O. The van der Waals surface area contributed by atoms with Crippen molar-refractivity contribution in [3.05, 3.63) is 47.8 Å². The molecule has 0 bridgehead atoms. The van der Waals surface area contributed by atoms with Crippen LogP contribution in [-0.4, -0.2) is 46.9 Å². The SMILES string of the molecule is C[C@H]1CN(c2ccnc3c2cnn3C)Cc2ccc(N3C[C@@H]4CCNC[C@@H]4C3=O)cc21. The summed E-state index contributed by atoms with van der Waals surface area (Å²) in [6.07, 6.45) is 4.88. The summed E-state index contributed by atoms with van der Waals surface area (Å²) in [6.45, 7) is 6.79. The standard InChI is InChI=1S/C24H28N6O/c1-15-12-29(22-6-8-26-23-21(22)11-27-28(23)2)13-16-3-4-18(9-19(15)16)30-14-17-5-7-25-10-20(17)24(30)31/h3-4,6,8-9,11,15,17,20,25H,5,7,10,12-14H2,1-2H3/t15-,17-,20-/m0/s1. The lowest BCUT2D eigenvalue weighted by Gasteiger charge is -2.35. The molecular weight excluding hydrogens is 388 g/mol. The Bertz CT molecular complexity index is 1170. The molecule has 0 aliphatic carbocycles. The minimum atomic E-state index is 0.145. The molecule has 0 radical (unpaired) electrons. The van der Waals surface area contributed by atoms with Crippen molar-refractivity contribution >= 4 is 28.3 Å². The molecule has 2 aromatic heterocycles. The molecule has 7 heteroatoms. The number of nitrogens with one attached hydrogen (secondary N) is 1. The molecule has 3 aliphatic heterocycles. The maximum absolute atomic E-state index is 13.0. The summed E-state index contributed by atoms with van der Waals surface area (Å²) in [5, 5.41) is 8.87. The molecule has 1 aromatic carbocycles. The van der Waals surface area contributed by atoms with Crippen LogP contribution >= 0.6 is 0 Å². The lowest BCUT2D eigenvalue weighted by atomic mass is 9.89. The Morgan fingerprint density at radius 3 is 2.97 bits per heavy atom. The monoisotopic (exact) mass is 416 g/mol. The smallest absolute Gasteiger partial charge is 0.231 e. The van der Waals surface area contributed by atoms with Gasteiger partial charge in [-0.05, 0) is 54.1 Å². The largest absolute Gasteiger partial charge is 0.366 e. The quantitative estimate of drug-likeness (QED) is 0.696. The number of hydrogen-bond acceptors (Lipinski definition) is 5. The first-order chi connectivity index (χ1) is 15.1. The Hall–Kier alpha value is -2.93. The molecule has 7 nitrogen and oxygen atoms in total. The first-order valence-electron chi connectivity index (χ1n) is 11.3. The van der Waals surface area contributed by atoms with Crippen LogP contribution in [0.4, 0.5) is 11.4 Å². The molecule has 5 heterocycles. The number of carbonyl (C=O) groups excluding carboxylic acids is 1. The predicted octanol–water partition coefficient (Wildman–Crippen LogP) is 2.66. The molecule has 2 fully saturated rings. The van der Waals surface area contributed by atoms with Gasteiger partial charge < -0.3 is 15.1 Å². The number of nitrogens with zero attached hydrogens (tertiary/aromatic N) is 5. The number of piperidine rings is 1. The lowest BCUT2D eigenvalue weighted by molar-refractivity contribution is -0.121. The van der Waals surface area contributed by atoms with Gasteiger partial charge in [-0.2, -0.15) is 5.10 Å². The van der Waals surface area contributed by atoms with Crippen LogP contribution in [0.2, 0.25) is 0 Å². The Labute approximate surface area is 182 Å².